The van der Waals surface area contributed by atoms with Crippen molar-refractivity contribution in [3.8, 4) is 0 Å². The van der Waals surface area contributed by atoms with E-state index >= 15 is 0 Å². The van der Waals surface area contributed by atoms with Crippen LogP contribution >= 0.6 is 0 Å². The van der Waals surface area contributed by atoms with Gasteiger partial charge in [-0.15, -0.1) is 0 Å². The van der Waals surface area contributed by atoms with Crippen LogP contribution < -0.4 is 0 Å². The number of carbonyl (C=O) groups excluding carboxylic acids is 1. The Balaban J connectivity index is 2.03. The van der Waals surface area contributed by atoms with Gasteiger partial charge in [0, 0.05) is 37.3 Å². The van der Waals surface area contributed by atoms with Crippen molar-refractivity contribution in [1.82, 2.24) is 9.80 Å². The second kappa shape index (κ2) is 7.55. The highest BCUT2D eigenvalue weighted by molar-refractivity contribution is 5.96. The maximum Gasteiger partial charge on any atom is 0.269 e. The summed E-state index contributed by atoms with van der Waals surface area (Å²) in [6.07, 6.45) is 1.02. The van der Waals surface area contributed by atoms with Gasteiger partial charge < -0.3 is 9.80 Å². The first-order valence-corrected chi connectivity index (χ1v) is 8.22. The molecule has 1 aliphatic rings. The van der Waals surface area contributed by atoms with E-state index in [1.54, 1.807) is 13.0 Å². The van der Waals surface area contributed by atoms with Crippen molar-refractivity contribution < 1.29 is 9.72 Å². The number of nitro groups is 1. The maximum absolute atomic E-state index is 12.7. The zero-order chi connectivity index (χ0) is 17.0. The van der Waals surface area contributed by atoms with Crippen LogP contribution in [0.25, 0.3) is 0 Å². The Morgan fingerprint density at radius 2 is 2.09 bits per heavy atom. The first-order chi connectivity index (χ1) is 11.0. The average Bonchev–Trinajstić information content (AvgIpc) is 3.00. The molecule has 1 heterocycles. The minimum atomic E-state index is -0.433. The van der Waals surface area contributed by atoms with Gasteiger partial charge in [0.25, 0.3) is 11.6 Å². The average molecular weight is 319 g/mol. The highest BCUT2D eigenvalue weighted by atomic mass is 16.6. The summed E-state index contributed by atoms with van der Waals surface area (Å²) in [5, 5.41) is 10.8. The number of nitrogens with zero attached hydrogens (tertiary/aromatic N) is 3. The molecule has 0 unspecified atom stereocenters. The predicted octanol–water partition coefficient (Wildman–Crippen LogP) is 2.71. The molecule has 6 heteroatoms. The van der Waals surface area contributed by atoms with Crippen molar-refractivity contribution in [2.24, 2.45) is 5.92 Å². The van der Waals surface area contributed by atoms with Gasteiger partial charge in [-0.25, -0.2) is 0 Å². The highest BCUT2D eigenvalue weighted by Gasteiger charge is 2.28. The fourth-order valence-electron chi connectivity index (χ4n) is 3.18. The molecular weight excluding hydrogens is 294 g/mol. The number of likely N-dealkylation sites (tertiary alicyclic amines) is 1. The van der Waals surface area contributed by atoms with Gasteiger partial charge in [-0.3, -0.25) is 14.9 Å². The number of amides is 1. The van der Waals surface area contributed by atoms with E-state index in [2.05, 4.69) is 18.7 Å². The Morgan fingerprint density at radius 3 is 2.65 bits per heavy atom. The van der Waals surface area contributed by atoms with E-state index in [1.807, 2.05) is 4.90 Å². The van der Waals surface area contributed by atoms with Crippen LogP contribution in [0.5, 0.6) is 0 Å². The van der Waals surface area contributed by atoms with Crippen LogP contribution in [0.15, 0.2) is 18.2 Å². The third-order valence-electron chi connectivity index (χ3n) is 4.64. The van der Waals surface area contributed by atoms with Crippen molar-refractivity contribution in [3.05, 3.63) is 39.4 Å². The van der Waals surface area contributed by atoms with Crippen LogP contribution in [0.1, 0.15) is 36.2 Å². The second-order valence-electron chi connectivity index (χ2n) is 6.15. The number of rotatable bonds is 6. The van der Waals surface area contributed by atoms with Gasteiger partial charge in [0.1, 0.15) is 0 Å². The molecule has 0 bridgehead atoms. The molecule has 1 aromatic rings. The van der Waals surface area contributed by atoms with Gasteiger partial charge in [0.15, 0.2) is 0 Å². The van der Waals surface area contributed by atoms with Gasteiger partial charge in [-0.05, 0) is 44.0 Å². The van der Waals surface area contributed by atoms with Crippen LogP contribution in [0, 0.1) is 23.0 Å². The van der Waals surface area contributed by atoms with Crippen LogP contribution in [-0.4, -0.2) is 53.4 Å². The Morgan fingerprint density at radius 1 is 1.39 bits per heavy atom. The molecule has 0 spiro atoms. The van der Waals surface area contributed by atoms with E-state index in [0.29, 0.717) is 17.0 Å². The van der Waals surface area contributed by atoms with E-state index < -0.39 is 4.92 Å². The maximum atomic E-state index is 12.7. The van der Waals surface area contributed by atoms with Gasteiger partial charge in [-0.1, -0.05) is 13.8 Å². The molecule has 0 radical (unpaired) electrons. The largest absolute Gasteiger partial charge is 0.338 e. The number of hydrogen-bond acceptors (Lipinski definition) is 4. The van der Waals surface area contributed by atoms with E-state index in [1.165, 1.54) is 12.1 Å². The summed E-state index contributed by atoms with van der Waals surface area (Å²) in [6.45, 7) is 10.7. The molecule has 1 atom stereocenters. The molecule has 1 aromatic carbocycles. The third-order valence-corrected chi connectivity index (χ3v) is 4.64. The lowest BCUT2D eigenvalue weighted by Gasteiger charge is -2.23. The Labute approximate surface area is 137 Å². The van der Waals surface area contributed by atoms with Crippen molar-refractivity contribution in [2.75, 3.05) is 32.7 Å². The van der Waals surface area contributed by atoms with Gasteiger partial charge in [0.2, 0.25) is 0 Å². The van der Waals surface area contributed by atoms with Crippen LogP contribution in [0.4, 0.5) is 5.69 Å². The molecule has 6 nitrogen and oxygen atoms in total. The molecule has 126 valence electrons. The number of aryl methyl sites for hydroxylation is 1. The van der Waals surface area contributed by atoms with Crippen molar-refractivity contribution in [3.63, 3.8) is 0 Å². The highest BCUT2D eigenvalue weighted by Crippen LogP contribution is 2.23. The Kier molecular flexibility index (Phi) is 5.71. The summed E-state index contributed by atoms with van der Waals surface area (Å²) in [5.74, 6) is 0.497. The monoisotopic (exact) mass is 319 g/mol. The van der Waals surface area contributed by atoms with Gasteiger partial charge in [-0.2, -0.15) is 0 Å². The summed E-state index contributed by atoms with van der Waals surface area (Å²) in [6, 6.07) is 4.45. The molecule has 0 aliphatic carbocycles. The minimum absolute atomic E-state index is 0.0144. The summed E-state index contributed by atoms with van der Waals surface area (Å²) >= 11 is 0. The molecule has 1 amide bonds. The molecule has 1 saturated heterocycles. The van der Waals surface area contributed by atoms with Gasteiger partial charge >= 0.3 is 0 Å². The quantitative estimate of drug-likeness (QED) is 0.597. The summed E-state index contributed by atoms with van der Waals surface area (Å²) in [5.41, 5.74) is 1.26. The molecule has 0 N–H and O–H groups in total. The smallest absolute Gasteiger partial charge is 0.269 e. The minimum Gasteiger partial charge on any atom is -0.338 e. The topological polar surface area (TPSA) is 66.7 Å². The summed E-state index contributed by atoms with van der Waals surface area (Å²) in [4.78, 5) is 27.3. The van der Waals surface area contributed by atoms with Crippen LogP contribution in [-0.2, 0) is 0 Å². The zero-order valence-corrected chi connectivity index (χ0v) is 14.1. The lowest BCUT2D eigenvalue weighted by molar-refractivity contribution is -0.384. The number of hydrogen-bond donors (Lipinski definition) is 0. The first-order valence-electron chi connectivity index (χ1n) is 8.22. The normalized spacial score (nSPS) is 17.7. The van der Waals surface area contributed by atoms with Gasteiger partial charge in [0.05, 0.1) is 4.92 Å². The van der Waals surface area contributed by atoms with Crippen LogP contribution in [0.2, 0.25) is 0 Å². The number of carbonyl (C=O) groups is 1. The van der Waals surface area contributed by atoms with Crippen LogP contribution in [0.3, 0.4) is 0 Å². The molecule has 2 rings (SSSR count). The van der Waals surface area contributed by atoms with Crippen molar-refractivity contribution >= 4 is 11.6 Å². The van der Waals surface area contributed by atoms with Crippen molar-refractivity contribution in [1.29, 1.82) is 0 Å². The van der Waals surface area contributed by atoms with E-state index in [-0.39, 0.29) is 11.6 Å². The zero-order valence-electron chi connectivity index (χ0n) is 14.1. The predicted molar refractivity (Wildman–Crippen MR) is 89.6 cm³/mol. The number of benzene rings is 1. The molecule has 23 heavy (non-hydrogen) atoms. The van der Waals surface area contributed by atoms with E-state index in [0.717, 1.165) is 39.1 Å². The molecular formula is C17H25N3O3. The second-order valence-corrected chi connectivity index (χ2v) is 6.15. The summed E-state index contributed by atoms with van der Waals surface area (Å²) < 4.78 is 0. The first kappa shape index (κ1) is 17.4. The number of nitro benzene ring substituents is 1. The standard InChI is InChI=1S/C17H25N3O3/c1-4-18(5-2)11-14-8-9-19(12-14)17(21)16-7-6-15(20(22)23)10-13(16)3/h6-7,10,14H,4-5,8-9,11-12H2,1-3H3/t14-/m0/s1. The molecule has 0 saturated carbocycles. The van der Waals surface area contributed by atoms with Crippen molar-refractivity contribution in [2.45, 2.75) is 27.2 Å². The Bertz CT molecular complexity index is 584. The third kappa shape index (κ3) is 4.07. The Hall–Kier alpha value is -1.95. The van der Waals surface area contributed by atoms with E-state index in [9.17, 15) is 14.9 Å². The molecule has 0 aromatic heterocycles. The number of non-ortho nitro benzene ring substituents is 1. The summed E-state index contributed by atoms with van der Waals surface area (Å²) in [7, 11) is 0. The van der Waals surface area contributed by atoms with E-state index in [4.69, 9.17) is 0 Å². The fraction of sp³-hybridized carbons (Fsp3) is 0.588. The lowest BCUT2D eigenvalue weighted by Crippen LogP contribution is -2.33. The molecule has 1 aliphatic heterocycles. The SMILES string of the molecule is CCN(CC)C[C@@H]1CCN(C(=O)c2ccc([N+](=O)[O-])cc2C)C1. The fourth-order valence-corrected chi connectivity index (χ4v) is 3.18. The lowest BCUT2D eigenvalue weighted by atomic mass is 10.1. The molecule has 1 fully saturated rings.